The van der Waals surface area contributed by atoms with Gasteiger partial charge < -0.3 is 4.74 Å². The number of carbonyl (C=O) groups excluding carboxylic acids is 1. The van der Waals surface area contributed by atoms with Crippen molar-refractivity contribution in [3.8, 4) is 11.8 Å². The first kappa shape index (κ1) is 20.0. The predicted octanol–water partition coefficient (Wildman–Crippen LogP) is 6.09. The van der Waals surface area contributed by atoms with Crippen molar-refractivity contribution >= 4 is 35.1 Å². The molecule has 0 spiro atoms. The van der Waals surface area contributed by atoms with E-state index in [0.717, 1.165) is 11.1 Å². The van der Waals surface area contributed by atoms with Crippen molar-refractivity contribution in [1.29, 1.82) is 5.26 Å². The Morgan fingerprint density at radius 1 is 1.15 bits per heavy atom. The molecule has 134 valence electrons. The normalized spacial score (nSPS) is 11.8. The summed E-state index contributed by atoms with van der Waals surface area (Å²) in [4.78, 5) is 12.2. The lowest BCUT2D eigenvalue weighted by molar-refractivity contribution is -0.121. The van der Waals surface area contributed by atoms with E-state index >= 15 is 0 Å². The predicted molar refractivity (Wildman–Crippen MR) is 105 cm³/mol. The molecule has 0 bridgehead atoms. The molecule has 26 heavy (non-hydrogen) atoms. The van der Waals surface area contributed by atoms with E-state index in [1.165, 1.54) is 0 Å². The Morgan fingerprint density at radius 3 is 2.35 bits per heavy atom. The van der Waals surface area contributed by atoms with Crippen molar-refractivity contribution in [1.82, 2.24) is 0 Å². The lowest BCUT2D eigenvalue weighted by Gasteiger charge is -2.15. The molecule has 0 unspecified atom stereocenters. The molecular formula is C21H19Cl2NO2. The van der Waals surface area contributed by atoms with E-state index in [4.69, 9.17) is 27.9 Å². The smallest absolute Gasteiger partial charge is 0.178 e. The lowest BCUT2D eigenvalue weighted by atomic mass is 9.86. The number of ketones is 1. The van der Waals surface area contributed by atoms with Gasteiger partial charge in [-0.3, -0.25) is 4.79 Å². The largest absolute Gasteiger partial charge is 0.489 e. The van der Waals surface area contributed by atoms with Crippen LogP contribution in [-0.2, 0) is 11.4 Å². The fourth-order valence-electron chi connectivity index (χ4n) is 2.18. The maximum absolute atomic E-state index is 12.2. The van der Waals surface area contributed by atoms with Crippen molar-refractivity contribution in [2.75, 3.05) is 0 Å². The number of allylic oxidation sites excluding steroid dienone is 1. The highest BCUT2D eigenvalue weighted by molar-refractivity contribution is 6.35. The third-order valence-corrected chi connectivity index (χ3v) is 4.23. The van der Waals surface area contributed by atoms with Crippen molar-refractivity contribution in [3.63, 3.8) is 0 Å². The van der Waals surface area contributed by atoms with Gasteiger partial charge in [-0.1, -0.05) is 62.2 Å². The molecule has 0 atom stereocenters. The van der Waals surface area contributed by atoms with Crippen molar-refractivity contribution in [2.24, 2.45) is 5.41 Å². The third kappa shape index (κ3) is 5.36. The SMILES string of the molecule is CC(C)(C)C(=O)/C(C#N)=C/c1ccc(OCc2ccc(Cl)cc2Cl)cc1. The summed E-state index contributed by atoms with van der Waals surface area (Å²) in [6, 6.07) is 14.4. The Balaban J connectivity index is 2.09. The number of nitriles is 1. The Morgan fingerprint density at radius 2 is 1.81 bits per heavy atom. The van der Waals surface area contributed by atoms with E-state index in [0.29, 0.717) is 22.4 Å². The molecule has 0 fully saturated rings. The Labute approximate surface area is 163 Å². The Kier molecular flexibility index (Phi) is 6.47. The number of Topliss-reactive ketones (excluding diaryl/α,β-unsaturated/α-hetero) is 1. The van der Waals surface area contributed by atoms with Crippen molar-refractivity contribution in [3.05, 3.63) is 69.2 Å². The quantitative estimate of drug-likeness (QED) is 0.460. The van der Waals surface area contributed by atoms with Gasteiger partial charge in [0.1, 0.15) is 18.4 Å². The van der Waals surface area contributed by atoms with Gasteiger partial charge in [0.2, 0.25) is 0 Å². The fourth-order valence-corrected chi connectivity index (χ4v) is 2.64. The van der Waals surface area contributed by atoms with E-state index in [1.807, 2.05) is 12.1 Å². The zero-order chi connectivity index (χ0) is 19.3. The summed E-state index contributed by atoms with van der Waals surface area (Å²) in [7, 11) is 0. The summed E-state index contributed by atoms with van der Waals surface area (Å²) in [5, 5.41) is 10.4. The number of nitrogens with zero attached hydrogens (tertiary/aromatic N) is 1. The average molecular weight is 388 g/mol. The van der Waals surface area contributed by atoms with Crippen LogP contribution in [0.15, 0.2) is 48.0 Å². The maximum atomic E-state index is 12.2. The zero-order valence-electron chi connectivity index (χ0n) is 14.8. The number of ether oxygens (including phenoxy) is 1. The first-order chi connectivity index (χ1) is 12.2. The molecule has 0 aliphatic heterocycles. The highest BCUT2D eigenvalue weighted by Gasteiger charge is 2.24. The molecule has 0 heterocycles. The Hall–Kier alpha value is -2.28. The first-order valence-corrected chi connectivity index (χ1v) is 8.79. The van der Waals surface area contributed by atoms with Gasteiger partial charge in [-0.05, 0) is 35.9 Å². The van der Waals surface area contributed by atoms with Gasteiger partial charge in [0, 0.05) is 21.0 Å². The molecule has 3 nitrogen and oxygen atoms in total. The summed E-state index contributed by atoms with van der Waals surface area (Å²) in [5.41, 5.74) is 1.14. The fraction of sp³-hybridized carbons (Fsp3) is 0.238. The van der Waals surface area contributed by atoms with Gasteiger partial charge in [-0.2, -0.15) is 5.26 Å². The minimum atomic E-state index is -0.595. The standard InChI is InChI=1S/C21H19Cl2NO2/c1-21(2,3)20(25)16(12-24)10-14-4-8-18(9-5-14)26-13-15-6-7-17(22)11-19(15)23/h4-11H,13H2,1-3H3/b16-10+. The molecule has 0 amide bonds. The summed E-state index contributed by atoms with van der Waals surface area (Å²) in [6.07, 6.45) is 1.59. The maximum Gasteiger partial charge on any atom is 0.178 e. The van der Waals surface area contributed by atoms with Crippen LogP contribution in [0.2, 0.25) is 10.0 Å². The molecule has 0 aromatic heterocycles. The van der Waals surface area contributed by atoms with Crippen LogP contribution in [-0.4, -0.2) is 5.78 Å². The molecule has 0 saturated carbocycles. The monoisotopic (exact) mass is 387 g/mol. The molecule has 0 N–H and O–H groups in total. The summed E-state index contributed by atoms with van der Waals surface area (Å²) >= 11 is 12.0. The molecule has 0 aliphatic carbocycles. The van der Waals surface area contributed by atoms with E-state index in [-0.39, 0.29) is 11.4 Å². The molecule has 0 aliphatic rings. The summed E-state index contributed by atoms with van der Waals surface area (Å²) in [6.45, 7) is 5.69. The first-order valence-electron chi connectivity index (χ1n) is 8.04. The number of rotatable bonds is 5. The van der Waals surface area contributed by atoms with Crippen molar-refractivity contribution < 1.29 is 9.53 Å². The van der Waals surface area contributed by atoms with Crippen LogP contribution in [0.3, 0.4) is 0 Å². The zero-order valence-corrected chi connectivity index (χ0v) is 16.4. The topological polar surface area (TPSA) is 50.1 Å². The molecule has 2 aromatic rings. The summed E-state index contributed by atoms with van der Waals surface area (Å²) < 4.78 is 5.72. The van der Waals surface area contributed by atoms with E-state index in [2.05, 4.69) is 0 Å². The minimum Gasteiger partial charge on any atom is -0.489 e. The number of hydrogen-bond acceptors (Lipinski definition) is 3. The van der Waals surface area contributed by atoms with Gasteiger partial charge >= 0.3 is 0 Å². The third-order valence-electron chi connectivity index (χ3n) is 3.65. The van der Waals surface area contributed by atoms with Crippen LogP contribution in [0.25, 0.3) is 6.08 Å². The molecule has 0 radical (unpaired) electrons. The molecule has 0 saturated heterocycles. The molecule has 2 rings (SSSR count). The molecule has 2 aromatic carbocycles. The van der Waals surface area contributed by atoms with Gasteiger partial charge in [-0.25, -0.2) is 0 Å². The van der Waals surface area contributed by atoms with Crippen molar-refractivity contribution in [2.45, 2.75) is 27.4 Å². The van der Waals surface area contributed by atoms with Crippen LogP contribution < -0.4 is 4.74 Å². The van der Waals surface area contributed by atoms with Crippen LogP contribution in [0, 0.1) is 16.7 Å². The van der Waals surface area contributed by atoms with E-state index < -0.39 is 5.41 Å². The van der Waals surface area contributed by atoms with Gasteiger partial charge in [0.05, 0.1) is 5.57 Å². The van der Waals surface area contributed by atoms with Gasteiger partial charge in [-0.15, -0.1) is 0 Å². The second-order valence-corrected chi connectivity index (χ2v) is 7.69. The second-order valence-electron chi connectivity index (χ2n) is 6.84. The Bertz CT molecular complexity index is 872. The second kappa shape index (κ2) is 8.40. The van der Waals surface area contributed by atoms with Gasteiger partial charge in [0.15, 0.2) is 5.78 Å². The van der Waals surface area contributed by atoms with E-state index in [9.17, 15) is 10.1 Å². The van der Waals surface area contributed by atoms with Crippen LogP contribution in [0.5, 0.6) is 5.75 Å². The van der Waals surface area contributed by atoms with Crippen LogP contribution in [0.1, 0.15) is 31.9 Å². The van der Waals surface area contributed by atoms with Crippen LogP contribution >= 0.6 is 23.2 Å². The average Bonchev–Trinajstić information content (AvgIpc) is 2.58. The van der Waals surface area contributed by atoms with Gasteiger partial charge in [0.25, 0.3) is 0 Å². The number of benzene rings is 2. The highest BCUT2D eigenvalue weighted by Crippen LogP contribution is 2.24. The number of carbonyl (C=O) groups is 1. The van der Waals surface area contributed by atoms with Crippen LogP contribution in [0.4, 0.5) is 0 Å². The lowest BCUT2D eigenvalue weighted by Crippen LogP contribution is -2.21. The molecule has 5 heteroatoms. The highest BCUT2D eigenvalue weighted by atomic mass is 35.5. The number of halogens is 2. The summed E-state index contributed by atoms with van der Waals surface area (Å²) in [5.74, 6) is 0.478. The minimum absolute atomic E-state index is 0.138. The molecular weight excluding hydrogens is 369 g/mol. The number of hydrogen-bond donors (Lipinski definition) is 0. The van der Waals surface area contributed by atoms with E-state index in [1.54, 1.807) is 63.2 Å².